The third-order valence-corrected chi connectivity index (χ3v) is 3.86. The molecule has 1 aromatic heterocycles. The van der Waals surface area contributed by atoms with E-state index in [2.05, 4.69) is 14.5 Å². The molecule has 0 fully saturated rings. The minimum atomic E-state index is -0.370. The number of halogens is 1. The summed E-state index contributed by atoms with van der Waals surface area (Å²) in [5.74, 6) is 0. The van der Waals surface area contributed by atoms with Crippen LogP contribution in [0.4, 0.5) is 5.69 Å². The maximum atomic E-state index is 9.88. The molecule has 0 amide bonds. The van der Waals surface area contributed by atoms with Gasteiger partial charge in [-0.3, -0.25) is 0 Å². The summed E-state index contributed by atoms with van der Waals surface area (Å²) in [6.45, 7) is 3.07. The first kappa shape index (κ1) is 14.2. The van der Waals surface area contributed by atoms with Gasteiger partial charge < -0.3 is 10.0 Å². The first-order valence-corrected chi connectivity index (χ1v) is 7.30. The third kappa shape index (κ3) is 3.89. The van der Waals surface area contributed by atoms with Crippen molar-refractivity contribution >= 4 is 28.8 Å². The number of anilines is 1. The van der Waals surface area contributed by atoms with E-state index in [1.807, 2.05) is 37.3 Å². The minimum Gasteiger partial charge on any atom is -0.391 e. The topological polar surface area (TPSA) is 49.2 Å². The zero-order valence-corrected chi connectivity index (χ0v) is 12.2. The van der Waals surface area contributed by atoms with Gasteiger partial charge >= 0.3 is 0 Å². The van der Waals surface area contributed by atoms with Crippen molar-refractivity contribution in [2.24, 2.45) is 0 Å². The van der Waals surface area contributed by atoms with E-state index in [0.29, 0.717) is 23.8 Å². The van der Waals surface area contributed by atoms with Gasteiger partial charge in [-0.2, -0.15) is 0 Å². The Kier molecular flexibility index (Phi) is 5.13. The highest BCUT2D eigenvalue weighted by molar-refractivity contribution is 7.10. The van der Waals surface area contributed by atoms with Gasteiger partial charge in [0.05, 0.1) is 12.6 Å². The average Bonchev–Trinajstić information content (AvgIpc) is 2.84. The molecule has 19 heavy (non-hydrogen) atoms. The number of aliphatic hydroxyl groups excluding tert-OH is 1. The second-order valence-electron chi connectivity index (χ2n) is 4.27. The molecule has 0 spiro atoms. The average molecular weight is 298 g/mol. The molecule has 0 aliphatic carbocycles. The lowest BCUT2D eigenvalue weighted by molar-refractivity contribution is 0.175. The van der Waals surface area contributed by atoms with E-state index >= 15 is 0 Å². The number of para-hydroxylation sites is 1. The lowest BCUT2D eigenvalue weighted by Gasteiger charge is -2.26. The molecule has 0 saturated carbocycles. The number of hydrogen-bond donors (Lipinski definition) is 1. The van der Waals surface area contributed by atoms with Gasteiger partial charge in [-0.15, -0.1) is 5.10 Å². The molecule has 0 aliphatic heterocycles. The number of nitrogens with zero attached hydrogens (tertiary/aromatic N) is 3. The van der Waals surface area contributed by atoms with Crippen molar-refractivity contribution < 1.29 is 5.11 Å². The molecule has 1 unspecified atom stereocenters. The molecule has 1 atom stereocenters. The van der Waals surface area contributed by atoms with Crippen molar-refractivity contribution in [1.29, 1.82) is 0 Å². The fourth-order valence-corrected chi connectivity index (χ4v) is 2.37. The summed E-state index contributed by atoms with van der Waals surface area (Å²) in [6.07, 6.45) is 0.345. The number of benzene rings is 1. The molecule has 2 aromatic rings. The van der Waals surface area contributed by atoms with Crippen LogP contribution in [0.25, 0.3) is 0 Å². The van der Waals surface area contributed by atoms with Crippen molar-refractivity contribution in [2.75, 3.05) is 11.4 Å². The van der Waals surface area contributed by atoms with Crippen LogP contribution < -0.4 is 4.90 Å². The lowest BCUT2D eigenvalue weighted by Crippen LogP contribution is -2.31. The fraction of sp³-hybridized carbons (Fsp3) is 0.385. The molecule has 1 aromatic carbocycles. The molecule has 0 saturated heterocycles. The Morgan fingerprint density at radius 2 is 2.11 bits per heavy atom. The van der Waals surface area contributed by atoms with Crippen LogP contribution in [0.3, 0.4) is 0 Å². The summed E-state index contributed by atoms with van der Waals surface area (Å²) in [5.41, 5.74) is 1.79. The molecule has 0 aliphatic rings. The molecule has 2 rings (SSSR count). The van der Waals surface area contributed by atoms with Crippen LogP contribution in [0.2, 0.25) is 4.34 Å². The lowest BCUT2D eigenvalue weighted by atomic mass is 10.2. The summed E-state index contributed by atoms with van der Waals surface area (Å²) >= 11 is 7.23. The number of aromatic nitrogens is 2. The van der Waals surface area contributed by atoms with E-state index in [-0.39, 0.29) is 6.10 Å². The Bertz CT molecular complexity index is 506. The molecule has 0 radical (unpaired) electrons. The minimum absolute atomic E-state index is 0.370. The zero-order chi connectivity index (χ0) is 13.7. The molecule has 0 bridgehead atoms. The Morgan fingerprint density at radius 3 is 2.68 bits per heavy atom. The van der Waals surface area contributed by atoms with Gasteiger partial charge in [-0.05, 0) is 18.6 Å². The van der Waals surface area contributed by atoms with E-state index in [9.17, 15) is 5.11 Å². The monoisotopic (exact) mass is 297 g/mol. The summed E-state index contributed by atoms with van der Waals surface area (Å²) in [5, 5.41) is 13.9. The van der Waals surface area contributed by atoms with Crippen molar-refractivity contribution in [3.05, 3.63) is 40.4 Å². The Hall–Kier alpha value is -1.17. The highest BCUT2D eigenvalue weighted by Crippen LogP contribution is 2.22. The van der Waals surface area contributed by atoms with Crippen LogP contribution in [0.5, 0.6) is 0 Å². The Labute approximate surface area is 121 Å². The molecule has 4 nitrogen and oxygen atoms in total. The second-order valence-corrected chi connectivity index (χ2v) is 5.63. The van der Waals surface area contributed by atoms with Crippen LogP contribution in [0, 0.1) is 0 Å². The fourth-order valence-electron chi connectivity index (χ4n) is 1.76. The van der Waals surface area contributed by atoms with Crippen molar-refractivity contribution in [1.82, 2.24) is 9.59 Å². The second kappa shape index (κ2) is 6.84. The van der Waals surface area contributed by atoms with E-state index in [1.165, 1.54) is 11.5 Å². The van der Waals surface area contributed by atoms with Gasteiger partial charge in [-0.1, -0.05) is 41.2 Å². The highest BCUT2D eigenvalue weighted by Gasteiger charge is 2.15. The SMILES string of the molecule is CCC(O)CN(Cc1nnsc1Cl)c1ccccc1. The molecule has 6 heteroatoms. The summed E-state index contributed by atoms with van der Waals surface area (Å²) in [4.78, 5) is 2.07. The predicted molar refractivity (Wildman–Crippen MR) is 78.7 cm³/mol. The van der Waals surface area contributed by atoms with Gasteiger partial charge in [0.1, 0.15) is 10.0 Å². The van der Waals surface area contributed by atoms with Crippen molar-refractivity contribution in [3.8, 4) is 0 Å². The van der Waals surface area contributed by atoms with E-state index < -0.39 is 0 Å². The molecule has 1 N–H and O–H groups in total. The van der Waals surface area contributed by atoms with E-state index in [4.69, 9.17) is 11.6 Å². The first-order chi connectivity index (χ1) is 9.20. The van der Waals surface area contributed by atoms with Crippen LogP contribution in [-0.2, 0) is 6.54 Å². The van der Waals surface area contributed by atoms with Gasteiger partial charge in [-0.25, -0.2) is 0 Å². The molecular formula is C13H16ClN3OS. The summed E-state index contributed by atoms with van der Waals surface area (Å²) < 4.78 is 4.44. The summed E-state index contributed by atoms with van der Waals surface area (Å²) in [7, 11) is 0. The maximum absolute atomic E-state index is 9.88. The number of aliphatic hydroxyl groups is 1. The molecule has 1 heterocycles. The predicted octanol–water partition coefficient (Wildman–Crippen LogP) is 2.97. The van der Waals surface area contributed by atoms with Crippen LogP contribution in [0.15, 0.2) is 30.3 Å². The Balaban J connectivity index is 2.17. The van der Waals surface area contributed by atoms with Gasteiger partial charge in [0.15, 0.2) is 0 Å². The maximum Gasteiger partial charge on any atom is 0.139 e. The van der Waals surface area contributed by atoms with E-state index in [1.54, 1.807) is 0 Å². The van der Waals surface area contributed by atoms with Gasteiger partial charge in [0.2, 0.25) is 0 Å². The summed E-state index contributed by atoms with van der Waals surface area (Å²) in [6, 6.07) is 9.94. The first-order valence-electron chi connectivity index (χ1n) is 6.15. The van der Waals surface area contributed by atoms with E-state index in [0.717, 1.165) is 11.4 Å². The zero-order valence-electron chi connectivity index (χ0n) is 10.7. The molecule has 102 valence electrons. The largest absolute Gasteiger partial charge is 0.391 e. The van der Waals surface area contributed by atoms with Crippen LogP contribution in [-0.4, -0.2) is 27.3 Å². The Morgan fingerprint density at radius 1 is 1.37 bits per heavy atom. The number of rotatable bonds is 6. The van der Waals surface area contributed by atoms with Crippen LogP contribution >= 0.6 is 23.1 Å². The van der Waals surface area contributed by atoms with Gasteiger partial charge in [0, 0.05) is 23.8 Å². The smallest absolute Gasteiger partial charge is 0.139 e. The van der Waals surface area contributed by atoms with Crippen molar-refractivity contribution in [2.45, 2.75) is 26.0 Å². The number of hydrogen-bond acceptors (Lipinski definition) is 5. The quantitative estimate of drug-likeness (QED) is 0.890. The molecular weight excluding hydrogens is 282 g/mol. The third-order valence-electron chi connectivity index (χ3n) is 2.87. The van der Waals surface area contributed by atoms with Crippen LogP contribution in [0.1, 0.15) is 19.0 Å². The highest BCUT2D eigenvalue weighted by atomic mass is 35.5. The van der Waals surface area contributed by atoms with Crippen molar-refractivity contribution in [3.63, 3.8) is 0 Å². The normalized spacial score (nSPS) is 12.4. The van der Waals surface area contributed by atoms with Gasteiger partial charge in [0.25, 0.3) is 0 Å². The standard InChI is InChI=1S/C13H16ClN3OS/c1-2-11(18)8-17(10-6-4-3-5-7-10)9-12-13(14)19-16-15-12/h3-7,11,18H,2,8-9H2,1H3.